The minimum atomic E-state index is -2.59. The number of ketones is 1. The molecule has 4 N–H and O–H groups in total. The maximum atomic E-state index is 12.5. The molecule has 0 saturated carbocycles. The Hall–Kier alpha value is -5.05. The Kier molecular flexibility index (Phi) is 35.7. The molecule has 0 saturated heterocycles. The van der Waals surface area contributed by atoms with Gasteiger partial charge in [-0.05, 0) is 94.0 Å². The quantitative estimate of drug-likeness (QED) is 0.00492. The topological polar surface area (TPSA) is 261 Å². The Morgan fingerprint density at radius 1 is 0.512 bits per heavy atom. The van der Waals surface area contributed by atoms with Crippen molar-refractivity contribution in [3.63, 3.8) is 0 Å². The molecule has 4 rings (SSSR count). The van der Waals surface area contributed by atoms with Crippen molar-refractivity contribution in [1.82, 2.24) is 10.6 Å². The van der Waals surface area contributed by atoms with Gasteiger partial charge in [-0.2, -0.15) is 4.89 Å². The Morgan fingerprint density at radius 2 is 0.950 bits per heavy atom. The fourth-order valence-electron chi connectivity index (χ4n) is 7.12. The van der Waals surface area contributed by atoms with E-state index in [2.05, 4.69) is 10.6 Å². The van der Waals surface area contributed by atoms with E-state index in [0.717, 1.165) is 28.9 Å². The van der Waals surface area contributed by atoms with Gasteiger partial charge in [-0.1, -0.05) is 83.9 Å². The minimum Gasteiger partial charge on any atom is -0.427 e. The first-order valence-corrected chi connectivity index (χ1v) is 33.1. The Bertz CT molecular complexity index is 2310. The number of carbonyl (C=O) groups is 5. The van der Waals surface area contributed by atoms with Crippen molar-refractivity contribution in [2.45, 2.75) is 100 Å². The molecule has 0 radical (unpaired) electrons. The van der Waals surface area contributed by atoms with E-state index in [1.165, 1.54) is 7.11 Å². The molecule has 0 aromatic heterocycles. The highest BCUT2D eigenvalue weighted by Crippen LogP contribution is 2.25. The average Bonchev–Trinajstić information content (AvgIpc) is 3.49. The molecule has 0 bridgehead atoms. The molecule has 4 aromatic rings. The van der Waals surface area contributed by atoms with Crippen LogP contribution in [0.4, 0.5) is 0 Å². The molecule has 25 heteroatoms. The summed E-state index contributed by atoms with van der Waals surface area (Å²) in [7, 11) is 3.26. The van der Waals surface area contributed by atoms with Crippen LogP contribution < -0.4 is 20.1 Å². The molecule has 2 amide bonds. The fraction of sp³-hybridized carbons (Fsp3) is 0.473. The summed E-state index contributed by atoms with van der Waals surface area (Å²) in [6.45, 7) is 4.22. The molecule has 0 aliphatic rings. The first-order valence-electron chi connectivity index (χ1n) is 26.0. The van der Waals surface area contributed by atoms with E-state index >= 15 is 0 Å². The number of unbranched alkanes of at least 4 members (excludes halogenated alkanes) is 1. The van der Waals surface area contributed by atoms with Crippen LogP contribution in [-0.2, 0) is 70.8 Å². The normalized spacial score (nSPS) is 11.5. The van der Waals surface area contributed by atoms with Crippen LogP contribution in [0.25, 0.3) is 0 Å². The summed E-state index contributed by atoms with van der Waals surface area (Å²) >= 11 is 0.960. The Balaban J connectivity index is 0.000000413. The smallest absolute Gasteiger partial charge is 0.427 e. The summed E-state index contributed by atoms with van der Waals surface area (Å²) in [5.74, 6) is -0.138. The van der Waals surface area contributed by atoms with Crippen molar-refractivity contribution in [3.05, 3.63) is 126 Å². The lowest BCUT2D eigenvalue weighted by Gasteiger charge is -2.25. The molecule has 444 valence electrons. The number of carbonyl (C=O) groups excluding carboxylic acids is 5. The molecule has 0 fully saturated rings. The van der Waals surface area contributed by atoms with Crippen LogP contribution in [0.2, 0.25) is 18.1 Å². The van der Waals surface area contributed by atoms with Gasteiger partial charge in [-0.3, -0.25) is 24.0 Å². The van der Waals surface area contributed by atoms with Crippen molar-refractivity contribution in [3.8, 4) is 11.5 Å². The molecule has 4 aromatic carbocycles. The SMILES string of the molecule is CO[Si](CCCNC(=O)CCC(=O)Oc1ccccc1)(OC)OC.CO[Si](CCCNC(=O)CCCCC(=O)Oc1ccccc1)(OC)OC.CO[Si](CO)(CO)CCc1ccc(SOOOC(C)(C)C(=O)c2ccccc2)cc1. The van der Waals surface area contributed by atoms with Gasteiger partial charge in [0.05, 0.1) is 30.9 Å². The number of esters is 2. The van der Waals surface area contributed by atoms with E-state index in [-0.39, 0.29) is 48.9 Å². The summed E-state index contributed by atoms with van der Waals surface area (Å²) < 4.78 is 52.6. The van der Waals surface area contributed by atoms with E-state index in [9.17, 15) is 34.2 Å². The zero-order valence-electron chi connectivity index (χ0n) is 47.5. The minimum absolute atomic E-state index is 0.0269. The first kappa shape index (κ1) is 71.1. The standard InChI is InChI=1S/C21H28O7SSi.C18H29NO6Si.C16H25NO6Si/c1-21(2,20(24)18-7-5-4-6-8-18)26-27-28-29-19-11-9-17(10-12-19)13-14-30(15-22,16-23)25-3;1-22-26(23-2,24-3)15-9-14-19-17(20)12-7-8-13-18(21)25-16-10-5-4-6-11-16;1-20-24(21-2,22-3)13-7-12-17-15(18)10-11-16(19)23-14-8-5-4-6-9-14/h4-12,22-23H,13-16H2,1-3H3;4-6,10-11H,7-9,12-15H2,1-3H3,(H,19,20);4-6,8-9H,7,10-13H2,1-3H3,(H,17,18). The molecule has 0 aliphatic heterocycles. The second-order valence-electron chi connectivity index (χ2n) is 18.1. The number of hydrogen-bond donors (Lipinski definition) is 4. The average molecular weight is 1190 g/mol. The summed E-state index contributed by atoms with van der Waals surface area (Å²) in [6, 6.07) is 36.0. The number of para-hydroxylation sites is 2. The van der Waals surface area contributed by atoms with Crippen LogP contribution in [-0.4, -0.2) is 147 Å². The van der Waals surface area contributed by atoms with Gasteiger partial charge >= 0.3 is 29.5 Å². The van der Waals surface area contributed by atoms with Gasteiger partial charge in [0.15, 0.2) is 11.4 Å². The summed E-state index contributed by atoms with van der Waals surface area (Å²) in [5, 5.41) is 29.4. The molecular weight excluding hydrogens is 1110 g/mol. The number of aliphatic hydroxyl groups excluding tert-OH is 2. The van der Waals surface area contributed by atoms with Gasteiger partial charge in [-0.25, -0.2) is 0 Å². The molecule has 0 atom stereocenters. The number of aryl methyl sites for hydroxylation is 1. The predicted octanol–water partition coefficient (Wildman–Crippen LogP) is 7.73. The van der Waals surface area contributed by atoms with E-state index in [1.54, 1.807) is 117 Å². The van der Waals surface area contributed by atoms with Gasteiger partial charge in [0.1, 0.15) is 11.5 Å². The third-order valence-electron chi connectivity index (χ3n) is 12.2. The van der Waals surface area contributed by atoms with Crippen molar-refractivity contribution in [2.75, 3.05) is 75.3 Å². The maximum absolute atomic E-state index is 12.5. The van der Waals surface area contributed by atoms with E-state index in [0.29, 0.717) is 86.8 Å². The highest BCUT2D eigenvalue weighted by atomic mass is 32.2. The molecular formula is C55H82N2O19SSi3. The molecule has 0 spiro atoms. The number of Topliss-reactive ketones (excluding diaryl/α,β-unsaturated/α-hetero) is 1. The lowest BCUT2D eigenvalue weighted by molar-refractivity contribution is -0.485. The van der Waals surface area contributed by atoms with Crippen LogP contribution in [0.5, 0.6) is 11.5 Å². The van der Waals surface area contributed by atoms with Crippen LogP contribution in [0.1, 0.15) is 81.1 Å². The largest absolute Gasteiger partial charge is 0.500 e. The van der Waals surface area contributed by atoms with Crippen molar-refractivity contribution in [2.24, 2.45) is 0 Å². The number of nitrogens with one attached hydrogen (secondary N) is 2. The monoisotopic (exact) mass is 1190 g/mol. The van der Waals surface area contributed by atoms with Crippen LogP contribution in [0.3, 0.4) is 0 Å². The van der Waals surface area contributed by atoms with Gasteiger partial charge < -0.3 is 61.3 Å². The van der Waals surface area contributed by atoms with Crippen molar-refractivity contribution < 1.29 is 88.9 Å². The van der Waals surface area contributed by atoms with E-state index in [4.69, 9.17) is 54.7 Å². The van der Waals surface area contributed by atoms with Crippen molar-refractivity contribution >= 4 is 67.5 Å². The third kappa shape index (κ3) is 28.1. The van der Waals surface area contributed by atoms with E-state index in [1.807, 2.05) is 54.6 Å². The highest BCUT2D eigenvalue weighted by molar-refractivity contribution is 7.94. The third-order valence-corrected chi connectivity index (χ3v) is 21.6. The summed E-state index contributed by atoms with van der Waals surface area (Å²) in [5.41, 5.74) is 0.377. The Morgan fingerprint density at radius 3 is 1.40 bits per heavy atom. The predicted molar refractivity (Wildman–Crippen MR) is 306 cm³/mol. The molecule has 0 aliphatic carbocycles. The van der Waals surface area contributed by atoms with Gasteiger partial charge in [0.2, 0.25) is 20.1 Å². The number of hydrogen-bond acceptors (Lipinski definition) is 20. The lowest BCUT2D eigenvalue weighted by atomic mass is 9.97. The molecule has 80 heavy (non-hydrogen) atoms. The number of aliphatic hydroxyl groups is 2. The number of rotatable bonds is 37. The van der Waals surface area contributed by atoms with Crippen LogP contribution in [0.15, 0.2) is 120 Å². The highest BCUT2D eigenvalue weighted by Gasteiger charge is 2.38. The van der Waals surface area contributed by atoms with Gasteiger partial charge in [0, 0.05) is 105 Å². The molecule has 21 nitrogen and oxygen atoms in total. The number of benzene rings is 4. The van der Waals surface area contributed by atoms with E-state index < -0.39 is 37.5 Å². The van der Waals surface area contributed by atoms with Gasteiger partial charge in [0.25, 0.3) is 0 Å². The summed E-state index contributed by atoms with van der Waals surface area (Å²) in [4.78, 5) is 65.3. The molecule has 0 unspecified atom stereocenters. The Labute approximate surface area is 478 Å². The summed E-state index contributed by atoms with van der Waals surface area (Å²) in [6.07, 6.45) is 3.94. The fourth-order valence-corrected chi connectivity index (χ4v) is 12.6. The van der Waals surface area contributed by atoms with Gasteiger partial charge in [-0.15, -0.1) is 4.33 Å². The second-order valence-corrected chi connectivity index (χ2v) is 29.0. The molecule has 0 heterocycles. The number of ether oxygens (including phenoxy) is 2. The zero-order chi connectivity index (χ0) is 59.1. The maximum Gasteiger partial charge on any atom is 0.500 e. The zero-order valence-corrected chi connectivity index (χ0v) is 51.3. The number of amides is 2. The first-order chi connectivity index (χ1) is 38.5. The van der Waals surface area contributed by atoms with Crippen LogP contribution >= 0.6 is 12.0 Å². The van der Waals surface area contributed by atoms with Crippen molar-refractivity contribution in [1.29, 1.82) is 0 Å². The second kappa shape index (κ2) is 40.2. The van der Waals surface area contributed by atoms with Crippen LogP contribution in [0, 0.1) is 0 Å². The lowest BCUT2D eigenvalue weighted by Crippen LogP contribution is -2.46.